The van der Waals surface area contributed by atoms with Crippen LogP contribution in [0, 0.1) is 12.8 Å². The fourth-order valence-electron chi connectivity index (χ4n) is 2.57. The van der Waals surface area contributed by atoms with E-state index in [1.54, 1.807) is 10.4 Å². The summed E-state index contributed by atoms with van der Waals surface area (Å²) in [6, 6.07) is 1.81. The van der Waals surface area contributed by atoms with E-state index in [1.807, 2.05) is 13.8 Å². The van der Waals surface area contributed by atoms with Gasteiger partial charge in [0.25, 0.3) is 0 Å². The number of hydrogen-bond donors (Lipinski definition) is 0. The molecule has 6 heteroatoms. The summed E-state index contributed by atoms with van der Waals surface area (Å²) in [6.07, 6.45) is 0.935. The second kappa shape index (κ2) is 5.12. The van der Waals surface area contributed by atoms with Gasteiger partial charge in [-0.2, -0.15) is 4.31 Å². The lowest BCUT2D eigenvalue weighted by Gasteiger charge is -2.20. The number of nitrogens with zero attached hydrogens (tertiary/aromatic N) is 1. The number of thiophene rings is 1. The smallest absolute Gasteiger partial charge is 0.207 e. The van der Waals surface area contributed by atoms with Gasteiger partial charge in [0.2, 0.25) is 10.0 Å². The van der Waals surface area contributed by atoms with Crippen molar-refractivity contribution < 1.29 is 8.42 Å². The minimum Gasteiger partial charge on any atom is -0.207 e. The Bertz CT molecular complexity index is 538. The van der Waals surface area contributed by atoms with Gasteiger partial charge < -0.3 is 0 Å². The van der Waals surface area contributed by atoms with E-state index in [-0.39, 0.29) is 6.04 Å². The number of sulfonamides is 1. The van der Waals surface area contributed by atoms with E-state index < -0.39 is 10.0 Å². The molecule has 2 heterocycles. The highest BCUT2D eigenvalue weighted by Gasteiger charge is 2.37. The maximum absolute atomic E-state index is 12.6. The van der Waals surface area contributed by atoms with E-state index >= 15 is 0 Å². The summed E-state index contributed by atoms with van der Waals surface area (Å²) in [4.78, 5) is 2.18. The molecule has 0 bridgehead atoms. The van der Waals surface area contributed by atoms with Crippen LogP contribution in [0.1, 0.15) is 30.0 Å². The molecular formula is C12H18ClNO2S2. The minimum atomic E-state index is -3.36. The van der Waals surface area contributed by atoms with Crippen molar-refractivity contribution in [3.05, 3.63) is 15.8 Å². The molecule has 1 aliphatic rings. The summed E-state index contributed by atoms with van der Waals surface area (Å²) in [5.74, 6) is 0.800. The number of halogens is 1. The van der Waals surface area contributed by atoms with E-state index in [1.165, 1.54) is 11.3 Å². The third kappa shape index (κ3) is 2.46. The first-order valence-corrected chi connectivity index (χ1v) is 8.82. The van der Waals surface area contributed by atoms with Crippen LogP contribution in [-0.4, -0.2) is 25.3 Å². The Morgan fingerprint density at radius 3 is 2.61 bits per heavy atom. The van der Waals surface area contributed by atoms with Crippen LogP contribution in [0.15, 0.2) is 11.0 Å². The molecule has 0 aliphatic carbocycles. The van der Waals surface area contributed by atoms with Crippen LogP contribution in [0.25, 0.3) is 0 Å². The Labute approximate surface area is 118 Å². The van der Waals surface area contributed by atoms with Crippen LogP contribution in [0.2, 0.25) is 0 Å². The molecule has 102 valence electrons. The van der Waals surface area contributed by atoms with Crippen molar-refractivity contribution in [3.63, 3.8) is 0 Å². The second-order valence-corrected chi connectivity index (χ2v) is 8.50. The zero-order valence-corrected chi connectivity index (χ0v) is 13.2. The van der Waals surface area contributed by atoms with Gasteiger partial charge in [-0.1, -0.05) is 6.92 Å². The fraction of sp³-hybridized carbons (Fsp3) is 0.667. The van der Waals surface area contributed by atoms with Crippen molar-refractivity contribution in [3.8, 4) is 0 Å². The Morgan fingerprint density at radius 1 is 1.50 bits per heavy atom. The monoisotopic (exact) mass is 307 g/mol. The number of rotatable bonds is 3. The summed E-state index contributed by atoms with van der Waals surface area (Å²) < 4.78 is 26.9. The van der Waals surface area contributed by atoms with Gasteiger partial charge in [-0.05, 0) is 32.3 Å². The number of alkyl halides is 1. The molecule has 1 saturated heterocycles. The maximum atomic E-state index is 12.6. The van der Waals surface area contributed by atoms with Crippen molar-refractivity contribution in [2.45, 2.75) is 44.0 Å². The standard InChI is InChI=1S/C12H18ClNO2S2/c1-8-4-9(2)14(7-8)18(15,16)12-5-11(6-13)17-10(12)3/h5,8-9H,4,6-7H2,1-3H3. The third-order valence-electron chi connectivity index (χ3n) is 3.37. The van der Waals surface area contributed by atoms with E-state index in [0.717, 1.165) is 16.2 Å². The molecule has 0 amide bonds. The van der Waals surface area contributed by atoms with E-state index in [4.69, 9.17) is 11.6 Å². The molecule has 3 nitrogen and oxygen atoms in total. The molecule has 1 aliphatic heterocycles. The van der Waals surface area contributed by atoms with Crippen molar-refractivity contribution in [1.82, 2.24) is 4.31 Å². The van der Waals surface area contributed by atoms with Gasteiger partial charge in [0, 0.05) is 22.3 Å². The van der Waals surface area contributed by atoms with Crippen LogP contribution < -0.4 is 0 Å². The van der Waals surface area contributed by atoms with Crippen LogP contribution in [-0.2, 0) is 15.9 Å². The molecule has 0 N–H and O–H groups in total. The molecule has 2 rings (SSSR count). The molecule has 2 unspecified atom stereocenters. The topological polar surface area (TPSA) is 37.4 Å². The van der Waals surface area contributed by atoms with E-state index in [9.17, 15) is 8.42 Å². The molecule has 0 radical (unpaired) electrons. The Balaban J connectivity index is 2.39. The molecule has 18 heavy (non-hydrogen) atoms. The highest BCUT2D eigenvalue weighted by molar-refractivity contribution is 7.89. The lowest BCUT2D eigenvalue weighted by atomic mass is 10.1. The van der Waals surface area contributed by atoms with E-state index in [0.29, 0.717) is 23.2 Å². The molecule has 0 spiro atoms. The predicted octanol–water partition coefficient (Wildman–Crippen LogP) is 3.21. The summed E-state index contributed by atoms with van der Waals surface area (Å²) in [5.41, 5.74) is 0. The predicted molar refractivity (Wildman–Crippen MR) is 75.7 cm³/mol. The maximum Gasteiger partial charge on any atom is 0.244 e. The first-order valence-electron chi connectivity index (χ1n) is 6.03. The number of aryl methyl sites for hydroxylation is 1. The summed E-state index contributed by atoms with van der Waals surface area (Å²) in [6.45, 7) is 6.54. The Hall–Kier alpha value is -0.100. The van der Waals surface area contributed by atoms with Crippen LogP contribution in [0.3, 0.4) is 0 Å². The average Bonchev–Trinajstić information content (AvgIpc) is 2.82. The van der Waals surface area contributed by atoms with Gasteiger partial charge in [-0.15, -0.1) is 22.9 Å². The van der Waals surface area contributed by atoms with Gasteiger partial charge in [0.05, 0.1) is 10.8 Å². The van der Waals surface area contributed by atoms with Gasteiger partial charge in [-0.3, -0.25) is 0 Å². The molecule has 1 fully saturated rings. The zero-order valence-electron chi connectivity index (χ0n) is 10.8. The lowest BCUT2D eigenvalue weighted by Crippen LogP contribution is -2.34. The lowest BCUT2D eigenvalue weighted by molar-refractivity contribution is 0.405. The highest BCUT2D eigenvalue weighted by atomic mass is 35.5. The van der Waals surface area contributed by atoms with Crippen LogP contribution in [0.4, 0.5) is 0 Å². The van der Waals surface area contributed by atoms with Crippen LogP contribution >= 0.6 is 22.9 Å². The minimum absolute atomic E-state index is 0.0868. The number of hydrogen-bond acceptors (Lipinski definition) is 3. The normalized spacial score (nSPS) is 25.8. The molecule has 0 saturated carbocycles. The SMILES string of the molecule is Cc1sc(CCl)cc1S(=O)(=O)N1CC(C)CC1C. The summed E-state index contributed by atoms with van der Waals surface area (Å²) in [7, 11) is -3.36. The fourth-order valence-corrected chi connectivity index (χ4v) is 6.03. The average molecular weight is 308 g/mol. The molecule has 2 atom stereocenters. The van der Waals surface area contributed by atoms with Crippen molar-refractivity contribution in [2.75, 3.05) is 6.54 Å². The van der Waals surface area contributed by atoms with Crippen molar-refractivity contribution in [2.24, 2.45) is 5.92 Å². The largest absolute Gasteiger partial charge is 0.244 e. The zero-order chi connectivity index (χ0) is 13.5. The van der Waals surface area contributed by atoms with Gasteiger partial charge in [0.1, 0.15) is 0 Å². The first kappa shape index (κ1) is 14.3. The van der Waals surface area contributed by atoms with Crippen molar-refractivity contribution in [1.29, 1.82) is 0 Å². The quantitative estimate of drug-likeness (QED) is 0.804. The Morgan fingerprint density at radius 2 is 2.17 bits per heavy atom. The molecule has 1 aromatic heterocycles. The molecule has 0 aromatic carbocycles. The van der Waals surface area contributed by atoms with Crippen molar-refractivity contribution >= 4 is 33.0 Å². The van der Waals surface area contributed by atoms with Gasteiger partial charge in [0.15, 0.2) is 0 Å². The van der Waals surface area contributed by atoms with Gasteiger partial charge >= 0.3 is 0 Å². The molecule has 1 aromatic rings. The summed E-state index contributed by atoms with van der Waals surface area (Å²) in [5, 5.41) is 0. The van der Waals surface area contributed by atoms with Gasteiger partial charge in [-0.25, -0.2) is 8.42 Å². The second-order valence-electron chi connectivity index (χ2n) is 5.03. The van der Waals surface area contributed by atoms with E-state index in [2.05, 4.69) is 6.92 Å². The first-order chi connectivity index (χ1) is 8.36. The highest BCUT2D eigenvalue weighted by Crippen LogP contribution is 2.34. The Kier molecular flexibility index (Phi) is 4.07. The third-order valence-corrected chi connectivity index (χ3v) is 7.10. The summed E-state index contributed by atoms with van der Waals surface area (Å²) >= 11 is 7.24. The molecular weight excluding hydrogens is 290 g/mol. The van der Waals surface area contributed by atoms with Crippen LogP contribution in [0.5, 0.6) is 0 Å².